The summed E-state index contributed by atoms with van der Waals surface area (Å²) in [4.78, 5) is 16.1. The first-order valence-electron chi connectivity index (χ1n) is 5.44. The van der Waals surface area contributed by atoms with Gasteiger partial charge in [-0.1, -0.05) is 11.8 Å². The minimum Gasteiger partial charge on any atom is -0.316 e. The number of carbonyl (C=O) groups is 1. The van der Waals surface area contributed by atoms with Gasteiger partial charge in [0.05, 0.1) is 10.8 Å². The second kappa shape index (κ2) is 5.86. The van der Waals surface area contributed by atoms with Crippen molar-refractivity contribution in [2.45, 2.75) is 24.3 Å². The summed E-state index contributed by atoms with van der Waals surface area (Å²) in [5.41, 5.74) is 0.476. The number of rotatable bonds is 4. The van der Waals surface area contributed by atoms with E-state index < -0.39 is 0 Å². The number of thioether (sulfide) groups is 1. The minimum absolute atomic E-state index is 0.175. The van der Waals surface area contributed by atoms with E-state index in [0.29, 0.717) is 21.5 Å². The van der Waals surface area contributed by atoms with Crippen LogP contribution in [-0.2, 0) is 4.79 Å². The summed E-state index contributed by atoms with van der Waals surface area (Å²) in [6.45, 7) is 3.57. The zero-order chi connectivity index (χ0) is 13.8. The molecule has 19 heavy (non-hydrogen) atoms. The van der Waals surface area contributed by atoms with Crippen LogP contribution in [0.5, 0.6) is 0 Å². The lowest BCUT2D eigenvalue weighted by atomic mass is 10.3. The van der Waals surface area contributed by atoms with Gasteiger partial charge in [-0.05, 0) is 25.3 Å². The Morgan fingerprint density at radius 2 is 2.47 bits per heavy atom. The molecule has 2 aromatic heterocycles. The lowest BCUT2D eigenvalue weighted by Crippen LogP contribution is -2.22. The van der Waals surface area contributed by atoms with Crippen molar-refractivity contribution in [1.82, 2.24) is 15.2 Å². The molecule has 2 aromatic rings. The van der Waals surface area contributed by atoms with Crippen molar-refractivity contribution in [3.8, 4) is 6.07 Å². The van der Waals surface area contributed by atoms with E-state index in [1.165, 1.54) is 23.1 Å². The number of amides is 1. The van der Waals surface area contributed by atoms with E-state index in [0.717, 1.165) is 0 Å². The molecule has 2 N–H and O–H groups in total. The molecule has 0 aliphatic heterocycles. The first kappa shape index (κ1) is 13.6. The van der Waals surface area contributed by atoms with Crippen molar-refractivity contribution in [3.63, 3.8) is 0 Å². The lowest BCUT2D eigenvalue weighted by molar-refractivity contribution is -0.115. The van der Waals surface area contributed by atoms with E-state index in [4.69, 9.17) is 5.26 Å². The van der Waals surface area contributed by atoms with Gasteiger partial charge in [-0.25, -0.2) is 4.98 Å². The molecule has 1 atom stereocenters. The maximum Gasteiger partial charge on any atom is 0.238 e. The highest BCUT2D eigenvalue weighted by Crippen LogP contribution is 2.25. The van der Waals surface area contributed by atoms with E-state index in [2.05, 4.69) is 20.5 Å². The largest absolute Gasteiger partial charge is 0.316 e. The van der Waals surface area contributed by atoms with Crippen LogP contribution >= 0.6 is 23.1 Å². The van der Waals surface area contributed by atoms with Gasteiger partial charge in [-0.15, -0.1) is 16.4 Å². The number of aryl methyl sites for hydroxylation is 1. The number of anilines is 1. The Morgan fingerprint density at radius 3 is 3.11 bits per heavy atom. The summed E-state index contributed by atoms with van der Waals surface area (Å²) >= 11 is 2.59. The molecule has 0 unspecified atom stereocenters. The van der Waals surface area contributed by atoms with E-state index in [9.17, 15) is 4.79 Å². The molecule has 0 spiro atoms. The second-order valence-electron chi connectivity index (χ2n) is 3.73. The second-order valence-corrected chi connectivity index (χ2v) is 5.95. The summed E-state index contributed by atoms with van der Waals surface area (Å²) in [7, 11) is 0. The molecule has 2 rings (SSSR count). The van der Waals surface area contributed by atoms with Gasteiger partial charge in [0.2, 0.25) is 11.1 Å². The van der Waals surface area contributed by atoms with Crippen LogP contribution in [0.4, 0.5) is 5.00 Å². The number of H-pyrrole nitrogens is 1. The molecule has 2 heterocycles. The van der Waals surface area contributed by atoms with Crippen molar-refractivity contribution >= 4 is 34.0 Å². The highest BCUT2D eigenvalue weighted by atomic mass is 32.2. The summed E-state index contributed by atoms with van der Waals surface area (Å²) in [5, 5.41) is 20.8. The Morgan fingerprint density at radius 1 is 1.68 bits per heavy atom. The Hall–Kier alpha value is -1.85. The summed E-state index contributed by atoms with van der Waals surface area (Å²) in [6, 6.07) is 3.71. The standard InChI is InChI=1S/C11H11N5OS2/c1-6(19-11-13-7(2)15-16-11)9(17)14-10-8(5-12)3-4-18-10/h3-4,6H,1-2H3,(H,14,17)(H,13,15,16)/t6-/m1/s1. The Bertz CT molecular complexity index is 627. The van der Waals surface area contributed by atoms with Crippen LogP contribution in [0.2, 0.25) is 0 Å². The first-order chi connectivity index (χ1) is 9.10. The van der Waals surface area contributed by atoms with Gasteiger partial charge in [-0.2, -0.15) is 5.26 Å². The van der Waals surface area contributed by atoms with E-state index in [-0.39, 0.29) is 11.2 Å². The Kier molecular flexibility index (Phi) is 4.19. The number of aromatic nitrogens is 3. The van der Waals surface area contributed by atoms with Gasteiger partial charge in [0.15, 0.2) is 0 Å². The van der Waals surface area contributed by atoms with E-state index in [1.807, 2.05) is 6.07 Å². The van der Waals surface area contributed by atoms with Crippen LogP contribution in [0.1, 0.15) is 18.3 Å². The third-order valence-corrected chi connectivity index (χ3v) is 4.04. The Balaban J connectivity index is 1.98. The monoisotopic (exact) mass is 293 g/mol. The fourth-order valence-electron chi connectivity index (χ4n) is 1.29. The molecule has 98 valence electrons. The smallest absolute Gasteiger partial charge is 0.238 e. The average Bonchev–Trinajstić information content (AvgIpc) is 2.98. The zero-order valence-corrected chi connectivity index (χ0v) is 11.9. The number of nitrogens with one attached hydrogen (secondary N) is 2. The molecule has 6 nitrogen and oxygen atoms in total. The fourth-order valence-corrected chi connectivity index (χ4v) is 2.80. The third kappa shape index (κ3) is 3.33. The van der Waals surface area contributed by atoms with Crippen molar-refractivity contribution < 1.29 is 4.79 Å². The Labute approximate surface area is 118 Å². The van der Waals surface area contributed by atoms with Gasteiger partial charge in [0.25, 0.3) is 0 Å². The molecule has 0 saturated heterocycles. The maximum absolute atomic E-state index is 12.0. The first-order valence-corrected chi connectivity index (χ1v) is 7.20. The number of carbonyl (C=O) groups excluding carboxylic acids is 1. The van der Waals surface area contributed by atoms with Crippen LogP contribution < -0.4 is 5.32 Å². The minimum atomic E-state index is -0.344. The third-order valence-electron chi connectivity index (χ3n) is 2.25. The molecular formula is C11H11N5OS2. The number of nitrogens with zero attached hydrogens (tertiary/aromatic N) is 3. The quantitative estimate of drug-likeness (QED) is 0.842. The molecular weight excluding hydrogens is 282 g/mol. The zero-order valence-electron chi connectivity index (χ0n) is 10.3. The molecule has 0 saturated carbocycles. The summed E-state index contributed by atoms with van der Waals surface area (Å²) in [5.74, 6) is 0.534. The van der Waals surface area contributed by atoms with Crippen LogP contribution in [0.3, 0.4) is 0 Å². The predicted octanol–water partition coefficient (Wildman–Crippen LogP) is 2.17. The number of thiophene rings is 1. The number of hydrogen-bond acceptors (Lipinski definition) is 6. The lowest BCUT2D eigenvalue weighted by Gasteiger charge is -2.08. The molecule has 0 aliphatic rings. The van der Waals surface area contributed by atoms with E-state index in [1.54, 1.807) is 25.3 Å². The predicted molar refractivity (Wildman–Crippen MR) is 74.1 cm³/mol. The average molecular weight is 293 g/mol. The number of hydrogen-bond donors (Lipinski definition) is 2. The topological polar surface area (TPSA) is 94.5 Å². The number of aromatic amines is 1. The molecule has 0 fully saturated rings. The van der Waals surface area contributed by atoms with Crippen LogP contribution in [0.15, 0.2) is 16.6 Å². The molecule has 0 radical (unpaired) electrons. The van der Waals surface area contributed by atoms with Crippen molar-refractivity contribution in [3.05, 3.63) is 22.8 Å². The van der Waals surface area contributed by atoms with Crippen molar-refractivity contribution in [2.75, 3.05) is 5.32 Å². The maximum atomic E-state index is 12.0. The molecule has 1 amide bonds. The molecule has 0 aliphatic carbocycles. The van der Waals surface area contributed by atoms with Gasteiger partial charge >= 0.3 is 0 Å². The van der Waals surface area contributed by atoms with Gasteiger partial charge < -0.3 is 5.32 Å². The van der Waals surface area contributed by atoms with Crippen LogP contribution in [-0.4, -0.2) is 26.3 Å². The molecule has 0 aromatic carbocycles. The highest BCUT2D eigenvalue weighted by molar-refractivity contribution is 8.00. The van der Waals surface area contributed by atoms with E-state index >= 15 is 0 Å². The van der Waals surface area contributed by atoms with Gasteiger partial charge in [-0.3, -0.25) is 9.89 Å². The van der Waals surface area contributed by atoms with Crippen LogP contribution in [0, 0.1) is 18.3 Å². The normalized spacial score (nSPS) is 11.8. The summed E-state index contributed by atoms with van der Waals surface area (Å²) < 4.78 is 0. The molecule has 0 bridgehead atoms. The van der Waals surface area contributed by atoms with Crippen LogP contribution in [0.25, 0.3) is 0 Å². The summed E-state index contributed by atoms with van der Waals surface area (Å²) in [6.07, 6.45) is 0. The SMILES string of the molecule is Cc1nc(S[C@H](C)C(=O)Nc2sccc2C#N)n[nH]1. The van der Waals surface area contributed by atoms with Crippen molar-refractivity contribution in [2.24, 2.45) is 0 Å². The molecule has 8 heteroatoms. The fraction of sp³-hybridized carbons (Fsp3) is 0.273. The van der Waals surface area contributed by atoms with Gasteiger partial charge in [0.1, 0.15) is 16.9 Å². The number of nitriles is 1. The van der Waals surface area contributed by atoms with Crippen molar-refractivity contribution in [1.29, 1.82) is 5.26 Å². The highest BCUT2D eigenvalue weighted by Gasteiger charge is 2.18. The van der Waals surface area contributed by atoms with Gasteiger partial charge in [0, 0.05) is 0 Å².